The number of hydrogen-bond acceptors (Lipinski definition) is 7. The fraction of sp³-hybridized carbons (Fsp3) is 0.571. The highest BCUT2D eigenvalue weighted by Gasteiger charge is 2.23. The molecule has 0 aliphatic carbocycles. The van der Waals surface area contributed by atoms with Gasteiger partial charge in [0.05, 0.1) is 17.9 Å². The Hall–Kier alpha value is -2.29. The van der Waals surface area contributed by atoms with Gasteiger partial charge in [0.2, 0.25) is 0 Å². The summed E-state index contributed by atoms with van der Waals surface area (Å²) in [5.74, 6) is 0. The minimum Gasteiger partial charge on any atom is -0.386 e. The molecule has 0 aromatic carbocycles. The Bertz CT molecular complexity index is 814. The quantitative estimate of drug-likeness (QED) is 0.244. The highest BCUT2D eigenvalue weighted by Crippen LogP contribution is 2.24. The second kappa shape index (κ2) is 21.9. The molecule has 2 saturated heterocycles. The molecule has 2 aliphatic heterocycles. The molecule has 0 amide bonds. The van der Waals surface area contributed by atoms with Crippen molar-refractivity contribution in [2.45, 2.75) is 72.3 Å². The highest BCUT2D eigenvalue weighted by molar-refractivity contribution is 7.95. The Kier molecular flexibility index (Phi) is 20.6. The van der Waals surface area contributed by atoms with Gasteiger partial charge in [-0.15, -0.1) is 6.58 Å². The first-order valence-electron chi connectivity index (χ1n) is 13.0. The molecule has 0 radical (unpaired) electrons. The average molecular weight is 520 g/mol. The van der Waals surface area contributed by atoms with E-state index in [-0.39, 0.29) is 11.6 Å². The van der Waals surface area contributed by atoms with Gasteiger partial charge in [-0.2, -0.15) is 5.10 Å². The van der Waals surface area contributed by atoms with Gasteiger partial charge in [0.15, 0.2) is 0 Å². The average Bonchev–Trinajstić information content (AvgIpc) is 2.90. The van der Waals surface area contributed by atoms with Crippen LogP contribution in [-0.2, 0) is 4.74 Å². The molecule has 0 saturated carbocycles. The molecule has 2 N–H and O–H groups in total. The van der Waals surface area contributed by atoms with Gasteiger partial charge in [0.25, 0.3) is 5.56 Å². The molecular weight excluding hydrogens is 470 g/mol. The maximum atomic E-state index is 12.4. The fourth-order valence-corrected chi connectivity index (χ4v) is 3.98. The maximum Gasteiger partial charge on any atom is 0.272 e. The number of nitrogens with zero attached hydrogens (tertiary/aromatic N) is 3. The van der Waals surface area contributed by atoms with E-state index in [0.717, 1.165) is 56.1 Å². The van der Waals surface area contributed by atoms with Gasteiger partial charge < -0.3 is 14.8 Å². The number of anilines is 1. The Morgan fingerprint density at radius 2 is 1.81 bits per heavy atom. The summed E-state index contributed by atoms with van der Waals surface area (Å²) < 4.78 is 12.1. The number of allylic oxidation sites excluding steroid dienone is 4. The molecule has 2 aliphatic rings. The van der Waals surface area contributed by atoms with E-state index in [4.69, 9.17) is 4.74 Å². The zero-order chi connectivity index (χ0) is 27.2. The molecule has 8 heteroatoms. The molecule has 0 spiro atoms. The lowest BCUT2D eigenvalue weighted by Gasteiger charge is -2.31. The zero-order valence-electron chi connectivity index (χ0n) is 23.2. The summed E-state index contributed by atoms with van der Waals surface area (Å²) in [5.41, 5.74) is 2.34. The lowest BCUT2D eigenvalue weighted by Crippen LogP contribution is -2.37. The molecular formula is C28H49N5O2S. The Balaban J connectivity index is 0.000000842. The van der Waals surface area contributed by atoms with E-state index in [2.05, 4.69) is 53.0 Å². The third-order valence-corrected chi connectivity index (χ3v) is 6.08. The largest absolute Gasteiger partial charge is 0.386 e. The van der Waals surface area contributed by atoms with E-state index in [1.54, 1.807) is 42.2 Å². The van der Waals surface area contributed by atoms with Crippen LogP contribution < -0.4 is 15.6 Å². The van der Waals surface area contributed by atoms with Gasteiger partial charge in [-0.05, 0) is 52.0 Å². The van der Waals surface area contributed by atoms with Crippen LogP contribution in [0.15, 0.2) is 60.7 Å². The van der Waals surface area contributed by atoms with Gasteiger partial charge in [-0.1, -0.05) is 51.7 Å². The van der Waals surface area contributed by atoms with Gasteiger partial charge in [0, 0.05) is 56.7 Å². The third kappa shape index (κ3) is 14.3. The molecule has 2 fully saturated rings. The first kappa shape index (κ1) is 33.7. The van der Waals surface area contributed by atoms with Crippen LogP contribution in [0.3, 0.4) is 0 Å². The molecule has 3 rings (SSSR count). The molecule has 7 nitrogen and oxygen atoms in total. The monoisotopic (exact) mass is 519 g/mol. The third-order valence-electron chi connectivity index (χ3n) is 5.10. The van der Waals surface area contributed by atoms with Gasteiger partial charge in [0.1, 0.15) is 0 Å². The summed E-state index contributed by atoms with van der Waals surface area (Å²) in [6, 6.07) is 0.155. The number of rotatable bonds is 7. The number of hydrogen-bond donors (Lipinski definition) is 2. The van der Waals surface area contributed by atoms with Crippen LogP contribution in [-0.4, -0.2) is 47.4 Å². The SMILES string of the molecule is C1CCOCC1.C=C/C=C\C(=C)NSN1CCC(n2ncc(NC)c(C)c2=O)CC1.C=CC.CCC. The molecule has 0 bridgehead atoms. The van der Waals surface area contributed by atoms with Crippen LogP contribution in [0.2, 0.25) is 0 Å². The molecule has 0 atom stereocenters. The van der Waals surface area contributed by atoms with Gasteiger partial charge in [-0.3, -0.25) is 4.79 Å². The van der Waals surface area contributed by atoms with Crippen molar-refractivity contribution in [2.75, 3.05) is 38.7 Å². The zero-order valence-corrected chi connectivity index (χ0v) is 24.0. The van der Waals surface area contributed by atoms with Crippen molar-refractivity contribution in [2.24, 2.45) is 0 Å². The minimum absolute atomic E-state index is 0.00554. The molecule has 1 aromatic rings. The van der Waals surface area contributed by atoms with Crippen molar-refractivity contribution in [3.63, 3.8) is 0 Å². The van der Waals surface area contributed by atoms with E-state index in [1.165, 1.54) is 25.7 Å². The molecule has 0 unspecified atom stereocenters. The van der Waals surface area contributed by atoms with Crippen LogP contribution in [0.5, 0.6) is 0 Å². The first-order valence-corrected chi connectivity index (χ1v) is 13.7. The molecule has 3 heterocycles. The van der Waals surface area contributed by atoms with Crippen molar-refractivity contribution in [3.8, 4) is 0 Å². The fourth-order valence-electron chi connectivity index (χ4n) is 3.27. The molecule has 36 heavy (non-hydrogen) atoms. The number of nitrogens with one attached hydrogen (secondary N) is 2. The van der Waals surface area contributed by atoms with Crippen molar-refractivity contribution < 1.29 is 4.74 Å². The van der Waals surface area contributed by atoms with Crippen LogP contribution >= 0.6 is 12.1 Å². The predicted octanol–water partition coefficient (Wildman–Crippen LogP) is 6.43. The molecule has 1 aromatic heterocycles. The van der Waals surface area contributed by atoms with Gasteiger partial charge in [-0.25, -0.2) is 8.99 Å². The summed E-state index contributed by atoms with van der Waals surface area (Å²) in [7, 11) is 1.80. The normalized spacial score (nSPS) is 15.7. The summed E-state index contributed by atoms with van der Waals surface area (Å²) in [6.07, 6.45) is 15.9. The summed E-state index contributed by atoms with van der Waals surface area (Å²) in [5, 5.41) is 7.33. The summed E-state index contributed by atoms with van der Waals surface area (Å²) >= 11 is 1.55. The number of ether oxygens (including phenoxy) is 1. The smallest absolute Gasteiger partial charge is 0.272 e. The topological polar surface area (TPSA) is 71.4 Å². The predicted molar refractivity (Wildman–Crippen MR) is 158 cm³/mol. The van der Waals surface area contributed by atoms with E-state index < -0.39 is 0 Å². The second-order valence-corrected chi connectivity index (χ2v) is 9.35. The summed E-state index contributed by atoms with van der Waals surface area (Å²) in [6.45, 7) is 22.7. The Morgan fingerprint density at radius 1 is 1.22 bits per heavy atom. The van der Waals surface area contributed by atoms with E-state index >= 15 is 0 Å². The van der Waals surface area contributed by atoms with Crippen LogP contribution in [0.25, 0.3) is 0 Å². The Morgan fingerprint density at radius 3 is 2.25 bits per heavy atom. The second-order valence-electron chi connectivity index (χ2n) is 8.44. The van der Waals surface area contributed by atoms with E-state index in [0.29, 0.717) is 0 Å². The lowest BCUT2D eigenvalue weighted by molar-refractivity contribution is 0.0968. The highest BCUT2D eigenvalue weighted by atomic mass is 32.2. The lowest BCUT2D eigenvalue weighted by atomic mass is 10.1. The van der Waals surface area contributed by atoms with Crippen LogP contribution in [0, 0.1) is 6.92 Å². The Labute approximate surface area is 224 Å². The minimum atomic E-state index is -0.00554. The number of piperidine rings is 1. The van der Waals surface area contributed by atoms with Crippen LogP contribution in [0.4, 0.5) is 5.69 Å². The van der Waals surface area contributed by atoms with Crippen molar-refractivity contribution in [3.05, 3.63) is 71.9 Å². The standard InChI is InChI=1S/C17H25N5OS.C5H10O.C3H8.C3H6/c1-5-6-7-13(2)20-24-21-10-8-15(9-11-21)22-17(23)14(3)16(18-4)12-19-22;1-2-4-6-5-3-1;2*1-3-2/h5-7,12,15,18,20H,1-2,8-11H2,3-4H3;1-5H2;3H2,1-2H3;3H,1H2,2H3/b7-6-;;;. The maximum absolute atomic E-state index is 12.4. The van der Waals surface area contributed by atoms with Crippen molar-refractivity contribution >= 4 is 17.8 Å². The summed E-state index contributed by atoms with van der Waals surface area (Å²) in [4.78, 5) is 12.4. The van der Waals surface area contributed by atoms with Crippen molar-refractivity contribution in [1.29, 1.82) is 0 Å². The first-order chi connectivity index (χ1) is 17.4. The van der Waals surface area contributed by atoms with E-state index in [1.807, 2.05) is 26.0 Å². The number of aromatic nitrogens is 2. The molecule has 204 valence electrons. The van der Waals surface area contributed by atoms with E-state index in [9.17, 15) is 4.79 Å². The van der Waals surface area contributed by atoms with Crippen LogP contribution in [0.1, 0.15) is 70.9 Å². The van der Waals surface area contributed by atoms with Gasteiger partial charge >= 0.3 is 0 Å². The van der Waals surface area contributed by atoms with Crippen molar-refractivity contribution in [1.82, 2.24) is 18.8 Å².